The predicted octanol–water partition coefficient (Wildman–Crippen LogP) is 3.79. The summed E-state index contributed by atoms with van der Waals surface area (Å²) in [7, 11) is 0. The monoisotopic (exact) mass is 329 g/mol. The third-order valence-corrected chi connectivity index (χ3v) is 4.18. The van der Waals surface area contributed by atoms with Gasteiger partial charge in [0, 0.05) is 16.1 Å². The van der Waals surface area contributed by atoms with Crippen LogP contribution in [0.2, 0.25) is 5.02 Å². The van der Waals surface area contributed by atoms with Crippen molar-refractivity contribution in [2.75, 3.05) is 0 Å². The summed E-state index contributed by atoms with van der Waals surface area (Å²) in [5.41, 5.74) is 1.55. The molecule has 0 unspecified atom stereocenters. The van der Waals surface area contributed by atoms with Gasteiger partial charge in [0.2, 0.25) is 0 Å². The average Bonchev–Trinajstić information content (AvgIpc) is 3.02. The Labute approximate surface area is 136 Å². The Morgan fingerprint density at radius 2 is 1.91 bits per heavy atom. The number of nitrogens with zero attached hydrogens (tertiary/aromatic N) is 2. The maximum absolute atomic E-state index is 12.0. The van der Waals surface area contributed by atoms with E-state index < -0.39 is 0 Å². The molecular formula is C16H12ClN3OS. The van der Waals surface area contributed by atoms with Crippen LogP contribution < -0.4 is 5.32 Å². The Hall–Kier alpha value is -2.24. The van der Waals surface area contributed by atoms with E-state index in [-0.39, 0.29) is 5.91 Å². The average molecular weight is 330 g/mol. The number of carbonyl (C=O) groups is 1. The highest BCUT2D eigenvalue weighted by atomic mass is 35.5. The lowest BCUT2D eigenvalue weighted by molar-refractivity contribution is 0.0951. The number of benzene rings is 2. The van der Waals surface area contributed by atoms with Crippen molar-refractivity contribution >= 4 is 28.8 Å². The Balaban J connectivity index is 1.65. The van der Waals surface area contributed by atoms with Gasteiger partial charge in [-0.2, -0.15) is 0 Å². The summed E-state index contributed by atoms with van der Waals surface area (Å²) in [6.07, 6.45) is 0. The highest BCUT2D eigenvalue weighted by Gasteiger charge is 2.09. The molecule has 0 radical (unpaired) electrons. The van der Waals surface area contributed by atoms with Crippen LogP contribution in [0.15, 0.2) is 54.6 Å². The predicted molar refractivity (Wildman–Crippen MR) is 88.0 cm³/mol. The fraction of sp³-hybridized carbons (Fsp3) is 0.0625. The first kappa shape index (κ1) is 14.7. The Morgan fingerprint density at radius 3 is 2.68 bits per heavy atom. The van der Waals surface area contributed by atoms with E-state index in [1.165, 1.54) is 11.3 Å². The van der Waals surface area contributed by atoms with Crippen LogP contribution in [0.1, 0.15) is 15.4 Å². The first-order chi connectivity index (χ1) is 10.7. The number of rotatable bonds is 4. The second-order valence-electron chi connectivity index (χ2n) is 4.56. The van der Waals surface area contributed by atoms with Crippen LogP contribution in [0.25, 0.3) is 10.6 Å². The molecule has 6 heteroatoms. The zero-order valence-corrected chi connectivity index (χ0v) is 13.1. The summed E-state index contributed by atoms with van der Waals surface area (Å²) in [4.78, 5) is 12.0. The van der Waals surface area contributed by atoms with E-state index in [0.29, 0.717) is 17.1 Å². The fourth-order valence-electron chi connectivity index (χ4n) is 1.91. The third-order valence-electron chi connectivity index (χ3n) is 2.97. The van der Waals surface area contributed by atoms with Crippen LogP contribution in [-0.4, -0.2) is 16.1 Å². The summed E-state index contributed by atoms with van der Waals surface area (Å²) in [5.74, 6) is -0.182. The van der Waals surface area contributed by atoms with Gasteiger partial charge in [-0.25, -0.2) is 0 Å². The number of nitrogens with one attached hydrogen (secondary N) is 1. The van der Waals surface area contributed by atoms with Gasteiger partial charge in [0.1, 0.15) is 10.0 Å². The van der Waals surface area contributed by atoms with E-state index in [2.05, 4.69) is 15.5 Å². The van der Waals surface area contributed by atoms with Crippen LogP contribution >= 0.6 is 22.9 Å². The molecular weight excluding hydrogens is 318 g/mol. The quantitative estimate of drug-likeness (QED) is 0.792. The number of amides is 1. The smallest absolute Gasteiger partial charge is 0.251 e. The molecule has 0 saturated carbocycles. The second kappa shape index (κ2) is 6.68. The van der Waals surface area contributed by atoms with E-state index >= 15 is 0 Å². The summed E-state index contributed by atoms with van der Waals surface area (Å²) in [5, 5.41) is 13.2. The lowest BCUT2D eigenvalue weighted by atomic mass is 10.2. The van der Waals surface area contributed by atoms with E-state index in [1.54, 1.807) is 24.3 Å². The third kappa shape index (κ3) is 3.50. The molecule has 2 aromatic carbocycles. The fourth-order valence-corrected chi connectivity index (χ4v) is 2.89. The van der Waals surface area contributed by atoms with Crippen molar-refractivity contribution in [2.24, 2.45) is 0 Å². The number of aromatic nitrogens is 2. The minimum atomic E-state index is -0.182. The van der Waals surface area contributed by atoms with E-state index in [1.807, 2.05) is 30.3 Å². The molecule has 3 rings (SSSR count). The zero-order valence-electron chi connectivity index (χ0n) is 11.5. The molecule has 0 aliphatic rings. The van der Waals surface area contributed by atoms with Gasteiger partial charge in [0.25, 0.3) is 5.91 Å². The zero-order chi connectivity index (χ0) is 15.4. The molecule has 0 bridgehead atoms. The van der Waals surface area contributed by atoms with Crippen molar-refractivity contribution in [2.45, 2.75) is 6.54 Å². The molecule has 110 valence electrons. The molecule has 1 amide bonds. The molecule has 3 aromatic rings. The molecule has 1 N–H and O–H groups in total. The lowest BCUT2D eigenvalue weighted by Gasteiger charge is -2.02. The molecule has 0 atom stereocenters. The van der Waals surface area contributed by atoms with Crippen molar-refractivity contribution in [1.82, 2.24) is 15.5 Å². The van der Waals surface area contributed by atoms with Gasteiger partial charge >= 0.3 is 0 Å². The minimum absolute atomic E-state index is 0.182. The van der Waals surface area contributed by atoms with Gasteiger partial charge in [0.05, 0.1) is 6.54 Å². The lowest BCUT2D eigenvalue weighted by Crippen LogP contribution is -2.22. The number of carbonyl (C=O) groups excluding carboxylic acids is 1. The van der Waals surface area contributed by atoms with Crippen molar-refractivity contribution in [3.63, 3.8) is 0 Å². The Kier molecular flexibility index (Phi) is 4.46. The van der Waals surface area contributed by atoms with E-state index in [4.69, 9.17) is 11.6 Å². The molecule has 0 saturated heterocycles. The number of halogens is 1. The highest BCUT2D eigenvalue weighted by molar-refractivity contribution is 7.14. The second-order valence-corrected chi connectivity index (χ2v) is 6.06. The van der Waals surface area contributed by atoms with Gasteiger partial charge in [-0.05, 0) is 18.2 Å². The van der Waals surface area contributed by atoms with Gasteiger partial charge < -0.3 is 5.32 Å². The molecule has 1 heterocycles. The molecule has 22 heavy (non-hydrogen) atoms. The highest BCUT2D eigenvalue weighted by Crippen LogP contribution is 2.22. The van der Waals surface area contributed by atoms with Crippen molar-refractivity contribution < 1.29 is 4.79 Å². The normalized spacial score (nSPS) is 10.4. The van der Waals surface area contributed by atoms with Gasteiger partial charge in [-0.3, -0.25) is 4.79 Å². The van der Waals surface area contributed by atoms with E-state index in [9.17, 15) is 4.79 Å². The van der Waals surface area contributed by atoms with Crippen LogP contribution in [0.5, 0.6) is 0 Å². The van der Waals surface area contributed by atoms with Gasteiger partial charge in [0.15, 0.2) is 0 Å². The SMILES string of the molecule is O=C(NCc1nnc(-c2ccccc2)s1)c1cccc(Cl)c1. The Morgan fingerprint density at radius 1 is 1.09 bits per heavy atom. The van der Waals surface area contributed by atoms with Crippen molar-refractivity contribution in [3.8, 4) is 10.6 Å². The molecule has 0 spiro atoms. The van der Waals surface area contributed by atoms with Gasteiger partial charge in [-0.1, -0.05) is 59.3 Å². The van der Waals surface area contributed by atoms with Crippen LogP contribution in [0.4, 0.5) is 0 Å². The van der Waals surface area contributed by atoms with Crippen molar-refractivity contribution in [1.29, 1.82) is 0 Å². The summed E-state index contributed by atoms with van der Waals surface area (Å²) in [6, 6.07) is 16.7. The van der Waals surface area contributed by atoms with Gasteiger partial charge in [-0.15, -0.1) is 10.2 Å². The Bertz CT molecular complexity index is 789. The number of hydrogen-bond donors (Lipinski definition) is 1. The maximum Gasteiger partial charge on any atom is 0.251 e. The molecule has 1 aromatic heterocycles. The topological polar surface area (TPSA) is 54.9 Å². The number of hydrogen-bond acceptors (Lipinski definition) is 4. The summed E-state index contributed by atoms with van der Waals surface area (Å²) >= 11 is 7.34. The minimum Gasteiger partial charge on any atom is -0.345 e. The summed E-state index contributed by atoms with van der Waals surface area (Å²) in [6.45, 7) is 0.343. The molecule has 0 fully saturated rings. The van der Waals surface area contributed by atoms with Crippen LogP contribution in [0, 0.1) is 0 Å². The van der Waals surface area contributed by atoms with E-state index in [0.717, 1.165) is 15.6 Å². The van der Waals surface area contributed by atoms with Crippen LogP contribution in [-0.2, 0) is 6.54 Å². The molecule has 0 aliphatic heterocycles. The molecule has 0 aliphatic carbocycles. The summed E-state index contributed by atoms with van der Waals surface area (Å²) < 4.78 is 0. The maximum atomic E-state index is 12.0. The first-order valence-electron chi connectivity index (χ1n) is 6.64. The van der Waals surface area contributed by atoms with Crippen molar-refractivity contribution in [3.05, 3.63) is 70.2 Å². The first-order valence-corrected chi connectivity index (χ1v) is 7.83. The standard InChI is InChI=1S/C16H12ClN3OS/c17-13-8-4-7-12(9-13)15(21)18-10-14-19-20-16(22-14)11-5-2-1-3-6-11/h1-9H,10H2,(H,18,21). The largest absolute Gasteiger partial charge is 0.345 e. The van der Waals surface area contributed by atoms with Crippen LogP contribution in [0.3, 0.4) is 0 Å². The molecule has 4 nitrogen and oxygen atoms in total.